The first kappa shape index (κ1) is 7.53. The molecule has 0 amide bonds. The monoisotopic (exact) mass is 156 g/mol. The van der Waals surface area contributed by atoms with Crippen molar-refractivity contribution in [2.45, 2.75) is 6.42 Å². The number of nitrogens with one attached hydrogen (secondary N) is 2. The largest absolute Gasteiger partial charge is 0.379 e. The van der Waals surface area contributed by atoms with Crippen LogP contribution in [-0.4, -0.2) is 39.4 Å². The van der Waals surface area contributed by atoms with E-state index in [0.29, 0.717) is 5.41 Å². The third-order valence-corrected chi connectivity index (χ3v) is 2.66. The Bertz CT molecular complexity index is 124. The Balaban J connectivity index is 1.86. The molecule has 0 aromatic heterocycles. The predicted octanol–water partition coefficient (Wildman–Crippen LogP) is -0.414. The fourth-order valence-corrected chi connectivity index (χ4v) is 1.74. The van der Waals surface area contributed by atoms with Gasteiger partial charge in [-0.2, -0.15) is 0 Å². The maximum atomic E-state index is 5.53. The summed E-state index contributed by atoms with van der Waals surface area (Å²) < 4.78 is 5.53. The molecular weight excluding hydrogens is 140 g/mol. The van der Waals surface area contributed by atoms with Crippen LogP contribution in [0.5, 0.6) is 0 Å². The van der Waals surface area contributed by atoms with E-state index in [2.05, 4.69) is 10.6 Å². The molecule has 0 saturated carbocycles. The minimum absolute atomic E-state index is 0.480. The molecule has 0 aromatic rings. The molecule has 0 atom stereocenters. The molecule has 2 N–H and O–H groups in total. The summed E-state index contributed by atoms with van der Waals surface area (Å²) in [4.78, 5) is 0. The molecule has 2 heterocycles. The van der Waals surface area contributed by atoms with Crippen molar-refractivity contribution in [3.05, 3.63) is 0 Å². The third kappa shape index (κ3) is 1.55. The first-order chi connectivity index (χ1) is 5.41. The van der Waals surface area contributed by atoms with Gasteiger partial charge in [0, 0.05) is 25.0 Å². The van der Waals surface area contributed by atoms with Crippen molar-refractivity contribution >= 4 is 0 Å². The molecule has 0 bridgehead atoms. The lowest BCUT2D eigenvalue weighted by molar-refractivity contribution is -0.00328. The summed E-state index contributed by atoms with van der Waals surface area (Å²) in [7, 11) is 0. The van der Waals surface area contributed by atoms with Crippen molar-refractivity contribution in [1.82, 2.24) is 10.6 Å². The van der Waals surface area contributed by atoms with Gasteiger partial charge in [0.25, 0.3) is 0 Å². The molecule has 64 valence electrons. The molecule has 2 aliphatic heterocycles. The van der Waals surface area contributed by atoms with Gasteiger partial charge in [-0.3, -0.25) is 0 Å². The standard InChI is InChI=1S/C8H16N2O/c1-2-9-3-4-11-7-8(1)5-10-6-8/h9-10H,1-7H2. The molecule has 0 aliphatic carbocycles. The van der Waals surface area contributed by atoms with E-state index in [-0.39, 0.29) is 0 Å². The van der Waals surface area contributed by atoms with Crippen LogP contribution in [0.25, 0.3) is 0 Å². The predicted molar refractivity (Wildman–Crippen MR) is 43.6 cm³/mol. The van der Waals surface area contributed by atoms with E-state index in [9.17, 15) is 0 Å². The number of hydrogen-bond acceptors (Lipinski definition) is 3. The van der Waals surface area contributed by atoms with Crippen molar-refractivity contribution in [2.24, 2.45) is 5.41 Å². The zero-order valence-corrected chi connectivity index (χ0v) is 6.86. The highest BCUT2D eigenvalue weighted by Crippen LogP contribution is 2.27. The SMILES string of the molecule is C1COCC2(CCN1)CNC2. The van der Waals surface area contributed by atoms with Gasteiger partial charge in [0.2, 0.25) is 0 Å². The summed E-state index contributed by atoms with van der Waals surface area (Å²) in [6.45, 7) is 6.31. The Morgan fingerprint density at radius 1 is 1.09 bits per heavy atom. The Kier molecular flexibility index (Phi) is 2.11. The Hall–Kier alpha value is -0.120. The quantitative estimate of drug-likeness (QED) is 0.500. The lowest BCUT2D eigenvalue weighted by Crippen LogP contribution is -2.57. The Labute approximate surface area is 67.5 Å². The highest BCUT2D eigenvalue weighted by Gasteiger charge is 2.36. The first-order valence-corrected chi connectivity index (χ1v) is 4.41. The van der Waals surface area contributed by atoms with Crippen LogP contribution in [-0.2, 0) is 4.74 Å². The summed E-state index contributed by atoms with van der Waals surface area (Å²) >= 11 is 0. The summed E-state index contributed by atoms with van der Waals surface area (Å²) in [6.07, 6.45) is 1.26. The highest BCUT2D eigenvalue weighted by atomic mass is 16.5. The molecule has 2 rings (SSSR count). The van der Waals surface area contributed by atoms with E-state index in [1.807, 2.05) is 0 Å². The highest BCUT2D eigenvalue weighted by molar-refractivity contribution is 4.93. The van der Waals surface area contributed by atoms with E-state index in [0.717, 1.165) is 39.4 Å². The molecule has 2 saturated heterocycles. The number of hydrogen-bond donors (Lipinski definition) is 2. The summed E-state index contributed by atoms with van der Waals surface area (Å²) in [5.41, 5.74) is 0.480. The Morgan fingerprint density at radius 2 is 2.00 bits per heavy atom. The van der Waals surface area contributed by atoms with Crippen molar-refractivity contribution in [2.75, 3.05) is 39.4 Å². The van der Waals surface area contributed by atoms with E-state index in [1.165, 1.54) is 6.42 Å². The molecule has 3 heteroatoms. The normalized spacial score (nSPS) is 30.5. The molecule has 0 unspecified atom stereocenters. The topological polar surface area (TPSA) is 33.3 Å². The molecule has 11 heavy (non-hydrogen) atoms. The smallest absolute Gasteiger partial charge is 0.0591 e. The zero-order chi connectivity index (χ0) is 7.57. The van der Waals surface area contributed by atoms with Crippen molar-refractivity contribution < 1.29 is 4.74 Å². The van der Waals surface area contributed by atoms with Gasteiger partial charge in [0.15, 0.2) is 0 Å². The average Bonchev–Trinajstić information content (AvgIpc) is 1.82. The van der Waals surface area contributed by atoms with Crippen LogP contribution < -0.4 is 10.6 Å². The van der Waals surface area contributed by atoms with Crippen molar-refractivity contribution in [1.29, 1.82) is 0 Å². The van der Waals surface area contributed by atoms with E-state index < -0.39 is 0 Å². The van der Waals surface area contributed by atoms with Crippen LogP contribution >= 0.6 is 0 Å². The second kappa shape index (κ2) is 3.09. The summed E-state index contributed by atoms with van der Waals surface area (Å²) in [5, 5.41) is 6.67. The second-order valence-electron chi connectivity index (χ2n) is 3.66. The number of rotatable bonds is 0. The van der Waals surface area contributed by atoms with Crippen LogP contribution in [0.4, 0.5) is 0 Å². The van der Waals surface area contributed by atoms with Gasteiger partial charge < -0.3 is 15.4 Å². The summed E-state index contributed by atoms with van der Waals surface area (Å²) in [5.74, 6) is 0. The van der Waals surface area contributed by atoms with Crippen LogP contribution in [0.1, 0.15) is 6.42 Å². The molecular formula is C8H16N2O. The van der Waals surface area contributed by atoms with Crippen LogP contribution in [0.2, 0.25) is 0 Å². The molecule has 1 spiro atoms. The second-order valence-corrected chi connectivity index (χ2v) is 3.66. The minimum Gasteiger partial charge on any atom is -0.379 e. The van der Waals surface area contributed by atoms with Gasteiger partial charge >= 0.3 is 0 Å². The fourth-order valence-electron chi connectivity index (χ4n) is 1.74. The van der Waals surface area contributed by atoms with Gasteiger partial charge in [0.05, 0.1) is 13.2 Å². The summed E-state index contributed by atoms with van der Waals surface area (Å²) in [6, 6.07) is 0. The van der Waals surface area contributed by atoms with Gasteiger partial charge in [-0.05, 0) is 13.0 Å². The van der Waals surface area contributed by atoms with Crippen LogP contribution in [0, 0.1) is 5.41 Å². The molecule has 0 aromatic carbocycles. The molecule has 2 fully saturated rings. The maximum Gasteiger partial charge on any atom is 0.0591 e. The average molecular weight is 156 g/mol. The molecule has 3 nitrogen and oxygen atoms in total. The minimum atomic E-state index is 0.480. The van der Waals surface area contributed by atoms with Gasteiger partial charge in [-0.15, -0.1) is 0 Å². The first-order valence-electron chi connectivity index (χ1n) is 4.41. The molecule has 2 aliphatic rings. The third-order valence-electron chi connectivity index (χ3n) is 2.66. The van der Waals surface area contributed by atoms with E-state index >= 15 is 0 Å². The lowest BCUT2D eigenvalue weighted by Gasteiger charge is -2.43. The van der Waals surface area contributed by atoms with E-state index in [4.69, 9.17) is 4.74 Å². The van der Waals surface area contributed by atoms with Crippen LogP contribution in [0.15, 0.2) is 0 Å². The lowest BCUT2D eigenvalue weighted by atomic mass is 9.79. The van der Waals surface area contributed by atoms with Crippen LogP contribution in [0.3, 0.4) is 0 Å². The zero-order valence-electron chi connectivity index (χ0n) is 6.86. The van der Waals surface area contributed by atoms with Crippen molar-refractivity contribution in [3.63, 3.8) is 0 Å². The van der Waals surface area contributed by atoms with Gasteiger partial charge in [-0.25, -0.2) is 0 Å². The number of ether oxygens (including phenoxy) is 1. The Morgan fingerprint density at radius 3 is 2.73 bits per heavy atom. The van der Waals surface area contributed by atoms with Gasteiger partial charge in [-0.1, -0.05) is 0 Å². The van der Waals surface area contributed by atoms with Crippen molar-refractivity contribution in [3.8, 4) is 0 Å². The van der Waals surface area contributed by atoms with E-state index in [1.54, 1.807) is 0 Å². The van der Waals surface area contributed by atoms with Gasteiger partial charge in [0.1, 0.15) is 0 Å². The molecule has 0 radical (unpaired) electrons. The fraction of sp³-hybridized carbons (Fsp3) is 1.00. The maximum absolute atomic E-state index is 5.53.